The van der Waals surface area contributed by atoms with Crippen LogP contribution in [-0.2, 0) is 24.3 Å². The highest BCUT2D eigenvalue weighted by Gasteiger charge is 2.39. The van der Waals surface area contributed by atoms with Gasteiger partial charge in [-0.3, -0.25) is 19.7 Å². The summed E-state index contributed by atoms with van der Waals surface area (Å²) in [6.07, 6.45) is 2.43. The van der Waals surface area contributed by atoms with Gasteiger partial charge in [0.2, 0.25) is 5.91 Å². The van der Waals surface area contributed by atoms with Crippen LogP contribution in [0.15, 0.2) is 54.9 Å². The number of rotatable bonds is 5. The quantitative estimate of drug-likeness (QED) is 0.369. The maximum atomic E-state index is 13.9. The molecule has 0 saturated carbocycles. The lowest BCUT2D eigenvalue weighted by Gasteiger charge is -2.37. The smallest absolute Gasteiger partial charge is 0.314 e. The summed E-state index contributed by atoms with van der Waals surface area (Å²) in [5.41, 5.74) is 8.50. The van der Waals surface area contributed by atoms with Gasteiger partial charge in [0.1, 0.15) is 6.04 Å². The predicted octanol–water partition coefficient (Wildman–Crippen LogP) is 1.89. The second-order valence-electron chi connectivity index (χ2n) is 10.0. The Morgan fingerprint density at radius 2 is 1.71 bits per heavy atom. The first-order valence-electron chi connectivity index (χ1n) is 13.2. The molecule has 210 valence electrons. The average molecular weight is 557 g/mol. The van der Waals surface area contributed by atoms with E-state index in [1.165, 1.54) is 21.9 Å². The van der Waals surface area contributed by atoms with Crippen molar-refractivity contribution in [3.63, 3.8) is 0 Å². The first kappa shape index (κ1) is 27.3. The van der Waals surface area contributed by atoms with Crippen molar-refractivity contribution in [1.82, 2.24) is 24.3 Å². The molecule has 13 heteroatoms. The van der Waals surface area contributed by atoms with Crippen LogP contribution in [0.4, 0.5) is 10.5 Å². The summed E-state index contributed by atoms with van der Waals surface area (Å²) in [5.74, 6) is -0.580. The fraction of sp³-hybridized carbons (Fsp3) is 0.321. The predicted molar refractivity (Wildman–Crippen MR) is 145 cm³/mol. The fourth-order valence-corrected chi connectivity index (χ4v) is 5.28. The Morgan fingerprint density at radius 3 is 2.37 bits per heavy atom. The van der Waals surface area contributed by atoms with Gasteiger partial charge in [-0.2, -0.15) is 5.26 Å². The highest BCUT2D eigenvalue weighted by molar-refractivity contribution is 5.98. The molecule has 41 heavy (non-hydrogen) atoms. The molecule has 0 bridgehead atoms. The van der Waals surface area contributed by atoms with E-state index in [9.17, 15) is 24.5 Å². The molecule has 5 rings (SSSR count). The monoisotopic (exact) mass is 556 g/mol. The summed E-state index contributed by atoms with van der Waals surface area (Å²) in [6.45, 7) is 2.01. The maximum absolute atomic E-state index is 13.9. The number of imidazole rings is 1. The van der Waals surface area contributed by atoms with Gasteiger partial charge in [-0.15, -0.1) is 0 Å². The van der Waals surface area contributed by atoms with E-state index in [-0.39, 0.29) is 30.5 Å². The van der Waals surface area contributed by atoms with Crippen LogP contribution in [0.25, 0.3) is 0 Å². The van der Waals surface area contributed by atoms with Gasteiger partial charge in [-0.25, -0.2) is 9.78 Å². The molecule has 1 unspecified atom stereocenters. The Kier molecular flexibility index (Phi) is 7.64. The van der Waals surface area contributed by atoms with Crippen LogP contribution in [0.3, 0.4) is 0 Å². The number of nitro groups is 1. The Bertz CT molecular complexity index is 1530. The first-order chi connectivity index (χ1) is 19.7. The summed E-state index contributed by atoms with van der Waals surface area (Å²) in [6, 6.07) is 13.2. The molecule has 2 N–H and O–H groups in total. The number of non-ortho nitro benzene ring substituents is 1. The van der Waals surface area contributed by atoms with Crippen LogP contribution in [0.1, 0.15) is 39.3 Å². The second-order valence-corrected chi connectivity index (χ2v) is 10.0. The summed E-state index contributed by atoms with van der Waals surface area (Å²) in [7, 11) is 0. The Labute approximate surface area is 235 Å². The van der Waals surface area contributed by atoms with Crippen molar-refractivity contribution < 1.29 is 19.3 Å². The first-order valence-corrected chi connectivity index (χ1v) is 13.2. The van der Waals surface area contributed by atoms with Crippen LogP contribution in [0.2, 0.25) is 0 Å². The molecule has 0 aliphatic carbocycles. The number of primary amides is 1. The number of benzene rings is 2. The molecule has 2 aliphatic heterocycles. The Balaban J connectivity index is 1.44. The summed E-state index contributed by atoms with van der Waals surface area (Å²) in [4.78, 5) is 59.2. The molecule has 2 aliphatic rings. The number of carbonyl (C=O) groups is 3. The van der Waals surface area contributed by atoms with Gasteiger partial charge >= 0.3 is 6.03 Å². The minimum Gasteiger partial charge on any atom is -0.351 e. The molecule has 1 saturated heterocycles. The Morgan fingerprint density at radius 1 is 1.02 bits per heavy atom. The molecule has 0 spiro atoms. The number of hydrogen-bond acceptors (Lipinski definition) is 7. The third-order valence-corrected chi connectivity index (χ3v) is 7.54. The molecular weight excluding hydrogens is 528 g/mol. The van der Waals surface area contributed by atoms with Gasteiger partial charge in [-0.1, -0.05) is 12.1 Å². The van der Waals surface area contributed by atoms with E-state index in [1.54, 1.807) is 47.6 Å². The molecule has 2 aromatic carbocycles. The third-order valence-electron chi connectivity index (χ3n) is 7.54. The van der Waals surface area contributed by atoms with Crippen molar-refractivity contribution >= 4 is 23.5 Å². The van der Waals surface area contributed by atoms with E-state index in [2.05, 4.69) is 4.98 Å². The number of nitrogens with two attached hydrogens (primary N) is 1. The maximum Gasteiger partial charge on any atom is 0.314 e. The molecule has 3 aromatic rings. The number of carbonyl (C=O) groups excluding carboxylic acids is 3. The van der Waals surface area contributed by atoms with Crippen LogP contribution >= 0.6 is 0 Å². The van der Waals surface area contributed by atoms with Crippen LogP contribution in [0, 0.1) is 21.4 Å². The van der Waals surface area contributed by atoms with Gasteiger partial charge in [-0.05, 0) is 36.2 Å². The highest BCUT2D eigenvalue weighted by Crippen LogP contribution is 2.27. The van der Waals surface area contributed by atoms with Gasteiger partial charge in [0.25, 0.3) is 11.6 Å². The summed E-state index contributed by atoms with van der Waals surface area (Å²) in [5, 5.41) is 20.2. The lowest BCUT2D eigenvalue weighted by Crippen LogP contribution is -2.54. The third kappa shape index (κ3) is 5.72. The van der Waals surface area contributed by atoms with Crippen molar-refractivity contribution in [2.45, 2.75) is 32.0 Å². The summed E-state index contributed by atoms with van der Waals surface area (Å²) < 4.78 is 1.88. The number of hydrogen-bond donors (Lipinski definition) is 1. The van der Waals surface area contributed by atoms with E-state index >= 15 is 0 Å². The van der Waals surface area contributed by atoms with E-state index in [1.807, 2.05) is 10.6 Å². The van der Waals surface area contributed by atoms with Gasteiger partial charge in [0.15, 0.2) is 0 Å². The van der Waals surface area contributed by atoms with Crippen molar-refractivity contribution in [2.24, 2.45) is 5.73 Å². The minimum absolute atomic E-state index is 0.00517. The Hall–Kier alpha value is -5.25. The molecule has 1 aromatic heterocycles. The molecule has 4 amide bonds. The molecule has 1 atom stereocenters. The van der Waals surface area contributed by atoms with Crippen molar-refractivity contribution in [3.8, 4) is 6.07 Å². The molecule has 0 radical (unpaired) electrons. The fourth-order valence-electron chi connectivity index (χ4n) is 5.28. The van der Waals surface area contributed by atoms with Crippen molar-refractivity contribution in [3.05, 3.63) is 93.1 Å². The number of amides is 4. The van der Waals surface area contributed by atoms with E-state index in [0.29, 0.717) is 56.0 Å². The zero-order valence-corrected chi connectivity index (χ0v) is 22.2. The number of nitrogens with zero attached hydrogens (tertiary/aromatic N) is 7. The number of nitro benzene ring substituents is 1. The zero-order chi connectivity index (χ0) is 29.1. The van der Waals surface area contributed by atoms with Crippen LogP contribution in [0.5, 0.6) is 0 Å². The van der Waals surface area contributed by atoms with E-state index < -0.39 is 17.0 Å². The number of fused-ring (bicyclic) bond motifs is 1. The lowest BCUT2D eigenvalue weighted by molar-refractivity contribution is -0.384. The molecular formula is C28H28N8O5. The van der Waals surface area contributed by atoms with Crippen LogP contribution < -0.4 is 5.73 Å². The largest absolute Gasteiger partial charge is 0.351 e. The number of urea groups is 1. The van der Waals surface area contributed by atoms with Crippen molar-refractivity contribution in [2.75, 3.05) is 26.2 Å². The SMILES string of the molecule is N#Cc1ccc(C(=O)N2Cc3c(ncn3Cc3ccc([N+](=O)[O-])cc3)CC2C(=O)N2CCCN(C(N)=O)CC2)cc1. The zero-order valence-electron chi connectivity index (χ0n) is 22.2. The summed E-state index contributed by atoms with van der Waals surface area (Å²) >= 11 is 0. The number of aromatic nitrogens is 2. The second kappa shape index (κ2) is 11.5. The topological polar surface area (TPSA) is 172 Å². The number of nitriles is 1. The van der Waals surface area contributed by atoms with E-state index in [0.717, 1.165) is 11.3 Å². The minimum atomic E-state index is -0.812. The molecule has 1 fully saturated rings. The van der Waals surface area contributed by atoms with Gasteiger partial charge < -0.3 is 25.0 Å². The van der Waals surface area contributed by atoms with Crippen molar-refractivity contribution in [1.29, 1.82) is 5.26 Å². The highest BCUT2D eigenvalue weighted by atomic mass is 16.6. The molecule has 3 heterocycles. The standard InChI is InChI=1S/C28H28N8O5/c29-15-19-2-6-21(7-3-19)26(37)35-17-25-23(31-18-34(25)16-20-4-8-22(9-5-20)36(40)41)14-24(35)27(38)32-10-1-11-33(13-12-32)28(30)39/h2-9,18,24H,1,10-14,16-17H2,(H2,30,39). The lowest BCUT2D eigenvalue weighted by atomic mass is 9.99. The van der Waals surface area contributed by atoms with Crippen LogP contribution in [-0.4, -0.2) is 79.2 Å². The van der Waals surface area contributed by atoms with Gasteiger partial charge in [0.05, 0.1) is 40.8 Å². The average Bonchev–Trinajstić information content (AvgIpc) is 3.19. The van der Waals surface area contributed by atoms with Gasteiger partial charge in [0, 0.05) is 56.8 Å². The molecule has 13 nitrogen and oxygen atoms in total. The normalized spacial score (nSPS) is 16.9. The van der Waals surface area contributed by atoms with E-state index in [4.69, 9.17) is 11.0 Å².